The Bertz CT molecular complexity index is 5450. The summed E-state index contributed by atoms with van der Waals surface area (Å²) in [6, 6.07) is 47.2. The van der Waals surface area contributed by atoms with Gasteiger partial charge in [0, 0.05) is 63.3 Å². The molecule has 0 bridgehead atoms. The second kappa shape index (κ2) is 15.1. The number of hydrogen-bond acceptors (Lipinski definition) is 5. The summed E-state index contributed by atoms with van der Waals surface area (Å²) >= 11 is 1.60. The molecule has 0 amide bonds. The lowest BCUT2D eigenvalue weighted by atomic mass is 10.1. The number of aromatic nitrogens is 7. The molecule has 338 valence electrons. The van der Waals surface area contributed by atoms with Crippen molar-refractivity contribution < 1.29 is 13.7 Å². The Kier molecular flexibility index (Phi) is 6.47. The molecule has 0 N–H and O–H groups in total. The number of para-hydroxylation sites is 6. The second-order valence-corrected chi connectivity index (χ2v) is 19.0. The number of thiophene rings is 1. The SMILES string of the molecule is [2H]c1c([2H])c(-n2c3c([2H])c([2H])c([2H])c([2H])c3c3c([2H])c(C#N)c([2H])c([2H])c32)c(-c2nc(-n3c4ccccc4c4ccccc43)nc(-n3c4ccccc4c4ccccc43)n2)c(-n2c3ccccc3c3ccc4sc5ccccc5c4c32)c1[2H]. The number of hydrogen-bond donors (Lipinski definition) is 0. The van der Waals surface area contributed by atoms with Crippen molar-refractivity contribution in [2.24, 2.45) is 0 Å². The van der Waals surface area contributed by atoms with Gasteiger partial charge in [-0.1, -0.05) is 139 Å². The Balaban J connectivity index is 1.20. The summed E-state index contributed by atoms with van der Waals surface area (Å²) in [5.41, 5.74) is 2.79. The highest BCUT2D eigenvalue weighted by Crippen LogP contribution is 2.46. The highest BCUT2D eigenvalue weighted by atomic mass is 32.1. The average Bonchev–Trinajstić information content (AvgIpc) is 2.17. The van der Waals surface area contributed by atoms with Gasteiger partial charge in [-0.3, -0.25) is 9.13 Å². The third kappa shape index (κ3) is 5.55. The van der Waals surface area contributed by atoms with Crippen LogP contribution in [-0.2, 0) is 0 Å². The average molecular weight is 959 g/mol. The van der Waals surface area contributed by atoms with Crippen molar-refractivity contribution in [1.82, 2.24) is 33.2 Å². The minimum atomic E-state index is -0.677. The molecule has 0 fully saturated rings. The van der Waals surface area contributed by atoms with Gasteiger partial charge in [0.2, 0.25) is 11.9 Å². The van der Waals surface area contributed by atoms with Gasteiger partial charge in [-0.2, -0.15) is 20.2 Å². The number of benzene rings is 10. The van der Waals surface area contributed by atoms with E-state index >= 15 is 0 Å². The first-order valence-corrected chi connectivity index (χ1v) is 24.3. The topological polar surface area (TPSA) is 82.2 Å². The van der Waals surface area contributed by atoms with Gasteiger partial charge in [0.15, 0.2) is 5.82 Å². The van der Waals surface area contributed by atoms with Gasteiger partial charge < -0.3 is 9.13 Å². The molecule has 8 nitrogen and oxygen atoms in total. The molecule has 9 heteroatoms. The van der Waals surface area contributed by atoms with Crippen LogP contribution in [0.25, 0.3) is 142 Å². The van der Waals surface area contributed by atoms with Crippen molar-refractivity contribution in [2.75, 3.05) is 0 Å². The molecule has 0 spiro atoms. The lowest BCUT2D eigenvalue weighted by Gasteiger charge is -2.20. The third-order valence-corrected chi connectivity index (χ3v) is 15.3. The smallest absolute Gasteiger partial charge is 0.240 e. The Labute approximate surface area is 433 Å². The molecule has 0 radical (unpaired) electrons. The first-order valence-electron chi connectivity index (χ1n) is 28.5. The van der Waals surface area contributed by atoms with Crippen molar-refractivity contribution >= 4 is 119 Å². The summed E-state index contributed by atoms with van der Waals surface area (Å²) < 4.78 is 106. The Morgan fingerprint density at radius 2 is 0.904 bits per heavy atom. The number of fused-ring (bicyclic) bond motifs is 16. The molecule has 0 saturated heterocycles. The predicted octanol–water partition coefficient (Wildman–Crippen LogP) is 16.2. The fourth-order valence-electron chi connectivity index (χ4n) is 11.2. The van der Waals surface area contributed by atoms with E-state index in [0.717, 1.165) is 74.6 Å². The van der Waals surface area contributed by atoms with Crippen molar-refractivity contribution in [3.63, 3.8) is 0 Å². The largest absolute Gasteiger partial charge is 0.308 e. The molecule has 16 rings (SSSR count). The molecule has 0 aliphatic carbocycles. The van der Waals surface area contributed by atoms with E-state index in [1.54, 1.807) is 11.3 Å². The molecule has 0 saturated carbocycles. The monoisotopic (exact) mass is 958 g/mol. The maximum absolute atomic E-state index is 10.5. The fourth-order valence-corrected chi connectivity index (χ4v) is 12.3. The summed E-state index contributed by atoms with van der Waals surface area (Å²) in [6.07, 6.45) is 0. The minimum Gasteiger partial charge on any atom is -0.308 e. The van der Waals surface area contributed by atoms with Crippen molar-refractivity contribution in [3.05, 3.63) is 224 Å². The molecule has 6 aromatic heterocycles. The second-order valence-electron chi connectivity index (χ2n) is 17.9. The van der Waals surface area contributed by atoms with Crippen molar-refractivity contribution in [1.29, 1.82) is 5.26 Å². The van der Waals surface area contributed by atoms with E-state index in [1.165, 1.54) is 4.57 Å². The van der Waals surface area contributed by atoms with E-state index in [2.05, 4.69) is 6.07 Å². The van der Waals surface area contributed by atoms with Crippen LogP contribution in [0.15, 0.2) is 218 Å². The van der Waals surface area contributed by atoms with E-state index < -0.39 is 66.0 Å². The maximum Gasteiger partial charge on any atom is 0.240 e. The van der Waals surface area contributed by atoms with E-state index in [0.29, 0.717) is 11.0 Å². The van der Waals surface area contributed by atoms with Gasteiger partial charge in [0.05, 0.1) is 86.4 Å². The lowest BCUT2D eigenvalue weighted by Crippen LogP contribution is -2.12. The normalized spacial score (nSPS) is 14.0. The first-order chi connectivity index (χ1) is 40.4. The van der Waals surface area contributed by atoms with Crippen LogP contribution < -0.4 is 0 Å². The number of nitriles is 1. The van der Waals surface area contributed by atoms with Crippen LogP contribution in [0.5, 0.6) is 0 Å². The highest BCUT2D eigenvalue weighted by molar-refractivity contribution is 7.26. The lowest BCUT2D eigenvalue weighted by molar-refractivity contribution is 0.891. The van der Waals surface area contributed by atoms with Crippen molar-refractivity contribution in [2.45, 2.75) is 0 Å². The number of nitrogens with zero attached hydrogens (tertiary/aromatic N) is 8. The summed E-state index contributed by atoms with van der Waals surface area (Å²) in [5, 5.41) is 17.0. The molecule has 0 aliphatic heterocycles. The van der Waals surface area contributed by atoms with E-state index in [-0.39, 0.29) is 56.5 Å². The molecule has 16 aromatic rings. The molecule has 0 aliphatic rings. The maximum atomic E-state index is 10.5. The quantitative estimate of drug-likeness (QED) is 0.172. The molecule has 0 atom stereocenters. The molecule has 10 aromatic carbocycles. The van der Waals surface area contributed by atoms with Gasteiger partial charge in [-0.25, -0.2) is 0 Å². The molecular weight excluding hydrogens is 913 g/mol. The summed E-state index contributed by atoms with van der Waals surface area (Å²) in [6.45, 7) is 0. The van der Waals surface area contributed by atoms with Gasteiger partial charge in [-0.15, -0.1) is 11.3 Å². The molecule has 6 heterocycles. The van der Waals surface area contributed by atoms with Crippen molar-refractivity contribution in [3.8, 4) is 40.7 Å². The zero-order valence-electron chi connectivity index (χ0n) is 48.0. The summed E-state index contributed by atoms with van der Waals surface area (Å²) in [5.74, 6) is 0.101. The minimum absolute atomic E-state index is 0.00994. The van der Waals surface area contributed by atoms with Crippen LogP contribution in [-0.4, -0.2) is 33.2 Å². The van der Waals surface area contributed by atoms with Crippen LogP contribution in [0.4, 0.5) is 0 Å². The van der Waals surface area contributed by atoms with Crippen LogP contribution in [0.2, 0.25) is 0 Å². The summed E-state index contributed by atoms with van der Waals surface area (Å²) in [4.78, 5) is 16.4. The highest BCUT2D eigenvalue weighted by Gasteiger charge is 2.28. The Morgan fingerprint density at radius 1 is 0.397 bits per heavy atom. The Hall–Kier alpha value is -9.88. The first kappa shape index (κ1) is 31.4. The molecular formula is C64H36N8S. The van der Waals surface area contributed by atoms with Crippen LogP contribution in [0.3, 0.4) is 0 Å². The van der Waals surface area contributed by atoms with E-state index in [1.807, 2.05) is 171 Å². The zero-order chi connectivity index (χ0) is 56.6. The Morgan fingerprint density at radius 3 is 1.51 bits per heavy atom. The summed E-state index contributed by atoms with van der Waals surface area (Å²) in [7, 11) is 0. The van der Waals surface area contributed by atoms with Gasteiger partial charge in [-0.05, 0) is 78.7 Å². The standard InChI is InChI=1S/C64H36N8S/c65-37-38-32-34-54-47(36-38)44-21-6-8-23-48(44)69(54)55-29-15-30-56(70-49-24-9-5-20-43(49)45-33-35-58-59(61(45)70)46-22-7-14-31-57(46)73-58)60(55)62-66-63(71-50-25-10-1-16-39(50)40-17-2-11-26-51(40)71)68-64(67-62)72-52-27-12-3-18-41(52)42-19-4-13-28-53(42)72/h1-36H/i6D,8D,15D,21D,23D,29D,30D,32D,34D,36D. The van der Waals surface area contributed by atoms with E-state index in [4.69, 9.17) is 16.3 Å². The number of rotatable bonds is 5. The molecule has 0 unspecified atom stereocenters. The van der Waals surface area contributed by atoms with Gasteiger partial charge in [0.1, 0.15) is 0 Å². The molecule has 73 heavy (non-hydrogen) atoms. The zero-order valence-corrected chi connectivity index (χ0v) is 38.8. The predicted molar refractivity (Wildman–Crippen MR) is 300 cm³/mol. The van der Waals surface area contributed by atoms with Gasteiger partial charge in [0.25, 0.3) is 0 Å². The van der Waals surface area contributed by atoms with Crippen LogP contribution >= 0.6 is 11.3 Å². The fraction of sp³-hybridized carbons (Fsp3) is 0. The van der Waals surface area contributed by atoms with Gasteiger partial charge >= 0.3 is 0 Å². The van der Waals surface area contributed by atoms with Crippen LogP contribution in [0, 0.1) is 11.3 Å². The van der Waals surface area contributed by atoms with E-state index in [9.17, 15) is 17.6 Å². The third-order valence-electron chi connectivity index (χ3n) is 14.1. The van der Waals surface area contributed by atoms with Crippen LogP contribution in [0.1, 0.15) is 19.3 Å².